The first-order chi connectivity index (χ1) is 10.4. The van der Waals surface area contributed by atoms with Crippen molar-refractivity contribution < 1.29 is 14.3 Å². The number of ether oxygens (including phenoxy) is 2. The Morgan fingerprint density at radius 1 is 1.05 bits per heavy atom. The van der Waals surface area contributed by atoms with Crippen LogP contribution in [0.15, 0.2) is 54.6 Å². The zero-order valence-corrected chi connectivity index (χ0v) is 12.3. The van der Waals surface area contributed by atoms with Gasteiger partial charge in [0.05, 0.1) is 0 Å². The highest BCUT2D eigenvalue weighted by Gasteiger charge is 2.05. The van der Waals surface area contributed by atoms with Crippen molar-refractivity contribution in [2.24, 2.45) is 0 Å². The van der Waals surface area contributed by atoms with Crippen LogP contribution in [-0.4, -0.2) is 5.97 Å². The predicted octanol–water partition coefficient (Wildman–Crippen LogP) is 2.91. The molecule has 0 saturated heterocycles. The van der Waals surface area contributed by atoms with Crippen LogP contribution in [0.5, 0.6) is 11.5 Å². The average Bonchev–Trinajstić information content (AvgIpc) is 2.45. The Morgan fingerprint density at radius 3 is 2.14 bits per heavy atom. The monoisotopic (exact) mass is 298 g/mol. The molecule has 22 heavy (non-hydrogen) atoms. The molecule has 0 fully saturated rings. The van der Waals surface area contributed by atoms with E-state index in [0.29, 0.717) is 35.1 Å². The molecule has 2 rings (SSSR count). The van der Waals surface area contributed by atoms with E-state index in [0.717, 1.165) is 5.56 Å². The van der Waals surface area contributed by atoms with Crippen molar-refractivity contribution in [2.75, 3.05) is 11.5 Å². The number of hydrogen-bond acceptors (Lipinski definition) is 5. The normalized spacial score (nSPS) is 10.0. The smallest absolute Gasteiger partial charge is 0.338 e. The Morgan fingerprint density at radius 2 is 1.59 bits per heavy atom. The maximum absolute atomic E-state index is 11.4. The second-order valence-electron chi connectivity index (χ2n) is 4.94. The van der Waals surface area contributed by atoms with Gasteiger partial charge in [-0.15, -0.1) is 0 Å². The van der Waals surface area contributed by atoms with Crippen molar-refractivity contribution in [1.29, 1.82) is 0 Å². The second-order valence-corrected chi connectivity index (χ2v) is 4.94. The van der Waals surface area contributed by atoms with Crippen molar-refractivity contribution in [1.82, 2.24) is 0 Å². The molecular formula is C17H18N2O3. The van der Waals surface area contributed by atoms with Crippen LogP contribution in [0, 0.1) is 0 Å². The van der Waals surface area contributed by atoms with E-state index in [1.165, 1.54) is 0 Å². The Hall–Kier alpha value is -2.95. The highest BCUT2D eigenvalue weighted by molar-refractivity contribution is 5.88. The molecule has 114 valence electrons. The van der Waals surface area contributed by atoms with E-state index in [9.17, 15) is 4.79 Å². The van der Waals surface area contributed by atoms with Gasteiger partial charge in [-0.25, -0.2) is 4.79 Å². The van der Waals surface area contributed by atoms with E-state index in [-0.39, 0.29) is 0 Å². The summed E-state index contributed by atoms with van der Waals surface area (Å²) in [4.78, 5) is 11.4. The Bertz CT molecular complexity index is 673. The maximum atomic E-state index is 11.4. The quantitative estimate of drug-likeness (QED) is 0.383. The third-order valence-corrected chi connectivity index (χ3v) is 2.83. The standard InChI is InChI=1S/C17H18N2O3/c1-11(2)17(20)22-16-5-3-15(4-6-16)21-10-12-7-13(18)9-14(19)8-12/h3-9H,1,10,18-19H2,2H3. The SMILES string of the molecule is C=C(C)C(=O)Oc1ccc(OCc2cc(N)cc(N)c2)cc1. The van der Waals surface area contributed by atoms with Crippen molar-refractivity contribution in [3.05, 3.63) is 60.2 Å². The number of hydrogen-bond donors (Lipinski definition) is 2. The van der Waals surface area contributed by atoms with E-state index in [1.807, 2.05) is 0 Å². The molecule has 0 unspecified atom stereocenters. The fourth-order valence-electron chi connectivity index (χ4n) is 1.79. The molecule has 0 saturated carbocycles. The zero-order chi connectivity index (χ0) is 16.1. The number of anilines is 2. The predicted molar refractivity (Wildman–Crippen MR) is 86.5 cm³/mol. The summed E-state index contributed by atoms with van der Waals surface area (Å²) in [5.41, 5.74) is 13.9. The summed E-state index contributed by atoms with van der Waals surface area (Å²) in [6, 6.07) is 12.0. The van der Waals surface area contributed by atoms with Crippen LogP contribution in [0.25, 0.3) is 0 Å². The molecule has 0 amide bonds. The van der Waals surface area contributed by atoms with E-state index in [2.05, 4.69) is 6.58 Å². The van der Waals surface area contributed by atoms with E-state index >= 15 is 0 Å². The van der Waals surface area contributed by atoms with Crippen LogP contribution in [0.1, 0.15) is 12.5 Å². The van der Waals surface area contributed by atoms with Gasteiger partial charge >= 0.3 is 5.97 Å². The number of benzene rings is 2. The Kier molecular flexibility index (Phi) is 4.68. The van der Waals surface area contributed by atoms with Gasteiger partial charge in [0.25, 0.3) is 0 Å². The first-order valence-corrected chi connectivity index (χ1v) is 6.69. The molecule has 5 heteroatoms. The number of rotatable bonds is 5. The van der Waals surface area contributed by atoms with E-state index < -0.39 is 5.97 Å². The highest BCUT2D eigenvalue weighted by Crippen LogP contribution is 2.20. The molecule has 2 aromatic rings. The number of nitrogens with two attached hydrogens (primary N) is 2. The summed E-state index contributed by atoms with van der Waals surface area (Å²) in [5.74, 6) is 0.633. The number of nitrogen functional groups attached to an aromatic ring is 2. The summed E-state index contributed by atoms with van der Waals surface area (Å²) in [6.45, 7) is 5.47. The Balaban J connectivity index is 1.96. The topological polar surface area (TPSA) is 87.6 Å². The molecule has 0 heterocycles. The van der Waals surface area contributed by atoms with Crippen LogP contribution >= 0.6 is 0 Å². The number of carbonyl (C=O) groups excluding carboxylic acids is 1. The van der Waals surface area contributed by atoms with Crippen LogP contribution in [-0.2, 0) is 11.4 Å². The summed E-state index contributed by atoms with van der Waals surface area (Å²) in [6.07, 6.45) is 0. The zero-order valence-electron chi connectivity index (χ0n) is 12.3. The van der Waals surface area contributed by atoms with Crippen LogP contribution in [0.4, 0.5) is 11.4 Å². The first kappa shape index (κ1) is 15.4. The Labute approximate surface area is 129 Å². The molecule has 2 aromatic carbocycles. The molecule has 0 aliphatic carbocycles. The largest absolute Gasteiger partial charge is 0.489 e. The third kappa shape index (κ3) is 4.28. The molecule has 0 bridgehead atoms. The first-order valence-electron chi connectivity index (χ1n) is 6.69. The van der Waals surface area contributed by atoms with Crippen LogP contribution < -0.4 is 20.9 Å². The van der Waals surface area contributed by atoms with Gasteiger partial charge in [0.2, 0.25) is 0 Å². The van der Waals surface area contributed by atoms with Gasteiger partial charge in [0.1, 0.15) is 18.1 Å². The van der Waals surface area contributed by atoms with Gasteiger partial charge in [0, 0.05) is 16.9 Å². The second kappa shape index (κ2) is 6.67. The summed E-state index contributed by atoms with van der Waals surface area (Å²) in [5, 5.41) is 0. The molecule has 0 spiro atoms. The highest BCUT2D eigenvalue weighted by atomic mass is 16.5. The van der Waals surface area contributed by atoms with Gasteiger partial charge in [-0.1, -0.05) is 6.58 Å². The van der Waals surface area contributed by atoms with Crippen molar-refractivity contribution in [3.63, 3.8) is 0 Å². The fourth-order valence-corrected chi connectivity index (χ4v) is 1.79. The van der Waals surface area contributed by atoms with Crippen molar-refractivity contribution in [2.45, 2.75) is 13.5 Å². The average molecular weight is 298 g/mol. The van der Waals surface area contributed by atoms with Crippen LogP contribution in [0.2, 0.25) is 0 Å². The lowest BCUT2D eigenvalue weighted by atomic mass is 10.2. The maximum Gasteiger partial charge on any atom is 0.338 e. The molecule has 0 atom stereocenters. The fraction of sp³-hybridized carbons (Fsp3) is 0.118. The summed E-state index contributed by atoms with van der Waals surface area (Å²) < 4.78 is 10.7. The summed E-state index contributed by atoms with van der Waals surface area (Å²) in [7, 11) is 0. The van der Waals surface area contributed by atoms with Crippen LogP contribution in [0.3, 0.4) is 0 Å². The molecule has 0 radical (unpaired) electrons. The molecule has 4 N–H and O–H groups in total. The molecule has 0 aliphatic rings. The van der Waals surface area contributed by atoms with Crippen molar-refractivity contribution >= 4 is 17.3 Å². The number of carbonyl (C=O) groups is 1. The van der Waals surface area contributed by atoms with Gasteiger partial charge in [-0.2, -0.15) is 0 Å². The summed E-state index contributed by atoms with van der Waals surface area (Å²) >= 11 is 0. The minimum atomic E-state index is -0.455. The van der Waals surface area contributed by atoms with Gasteiger partial charge in [0.15, 0.2) is 0 Å². The van der Waals surface area contributed by atoms with Gasteiger partial charge in [-0.05, 0) is 55.0 Å². The van der Waals surface area contributed by atoms with Gasteiger partial charge in [-0.3, -0.25) is 0 Å². The van der Waals surface area contributed by atoms with Gasteiger partial charge < -0.3 is 20.9 Å². The lowest BCUT2D eigenvalue weighted by Crippen LogP contribution is -2.08. The van der Waals surface area contributed by atoms with Crippen molar-refractivity contribution in [3.8, 4) is 11.5 Å². The minimum absolute atomic E-state index is 0.347. The number of esters is 1. The lowest BCUT2D eigenvalue weighted by Gasteiger charge is -2.09. The molecule has 0 aromatic heterocycles. The minimum Gasteiger partial charge on any atom is -0.489 e. The molecule has 0 aliphatic heterocycles. The molecular weight excluding hydrogens is 280 g/mol. The van der Waals surface area contributed by atoms with E-state index in [1.54, 1.807) is 49.4 Å². The lowest BCUT2D eigenvalue weighted by molar-refractivity contribution is -0.130. The van der Waals surface area contributed by atoms with E-state index in [4.69, 9.17) is 20.9 Å². The third-order valence-electron chi connectivity index (χ3n) is 2.83. The molecule has 5 nitrogen and oxygen atoms in total.